The molecule has 0 aromatic heterocycles. The minimum atomic E-state index is -3.84. The van der Waals surface area contributed by atoms with Gasteiger partial charge in [0, 0.05) is 30.1 Å². The number of hydrogen-bond donors (Lipinski definition) is 2. The summed E-state index contributed by atoms with van der Waals surface area (Å²) < 4.78 is 39.3. The van der Waals surface area contributed by atoms with Crippen LogP contribution < -0.4 is 9.47 Å². The molecule has 1 aliphatic heterocycles. The number of rotatable bonds is 7. The number of aliphatic hydroxyl groups is 2. The smallest absolute Gasteiger partial charge is 0.243 e. The molecule has 3 atom stereocenters. The van der Waals surface area contributed by atoms with Gasteiger partial charge >= 0.3 is 0 Å². The highest BCUT2D eigenvalue weighted by Gasteiger charge is 2.50. The van der Waals surface area contributed by atoms with Crippen molar-refractivity contribution in [3.8, 4) is 11.5 Å². The van der Waals surface area contributed by atoms with Gasteiger partial charge in [-0.25, -0.2) is 8.42 Å². The molecule has 2 N–H and O–H groups in total. The lowest BCUT2D eigenvalue weighted by atomic mass is 9.72. The fraction of sp³-hybridized carbons (Fsp3) is 0.333. The van der Waals surface area contributed by atoms with Crippen LogP contribution in [0.4, 0.5) is 0 Å². The van der Waals surface area contributed by atoms with Crippen LogP contribution in [0.15, 0.2) is 77.7 Å². The Morgan fingerprint density at radius 2 is 1.54 bits per heavy atom. The Bertz CT molecular complexity index is 1280. The molecular weight excluding hydrogens is 466 g/mol. The van der Waals surface area contributed by atoms with Gasteiger partial charge in [-0.1, -0.05) is 54.1 Å². The van der Waals surface area contributed by atoms with Crippen LogP contribution in [-0.4, -0.2) is 50.2 Å². The van der Waals surface area contributed by atoms with Gasteiger partial charge in [0.05, 0.1) is 25.2 Å². The van der Waals surface area contributed by atoms with E-state index in [4.69, 9.17) is 9.47 Å². The summed E-state index contributed by atoms with van der Waals surface area (Å²) in [6.45, 7) is 1.88. The van der Waals surface area contributed by atoms with Crippen molar-refractivity contribution in [3.63, 3.8) is 0 Å². The van der Waals surface area contributed by atoms with Crippen molar-refractivity contribution < 1.29 is 28.1 Å². The standard InChI is InChI=1S/C27H31NO6S/c1-19-12-14-20(15-13-19)35(31,32)28-17-16-27(30,22-9-5-7-11-25(22)34-3)23(18-28)26(29)21-8-4-6-10-24(21)33-2/h4-15,23,26,29-30H,16-18H2,1-3H3/t23?,26?,27-/m1/s1. The molecule has 0 saturated carbocycles. The second-order valence-corrected chi connectivity index (χ2v) is 10.8. The van der Waals surface area contributed by atoms with E-state index >= 15 is 0 Å². The summed E-state index contributed by atoms with van der Waals surface area (Å²) in [5, 5.41) is 23.7. The molecule has 1 heterocycles. The Morgan fingerprint density at radius 3 is 2.20 bits per heavy atom. The summed E-state index contributed by atoms with van der Waals surface area (Å²) in [5.41, 5.74) is 0.390. The highest BCUT2D eigenvalue weighted by Crippen LogP contribution is 2.48. The summed E-state index contributed by atoms with van der Waals surface area (Å²) in [7, 11) is -0.817. The van der Waals surface area contributed by atoms with E-state index in [0.717, 1.165) is 5.56 Å². The number of para-hydroxylation sites is 2. The van der Waals surface area contributed by atoms with Crippen LogP contribution in [0, 0.1) is 12.8 Å². The van der Waals surface area contributed by atoms with Crippen molar-refractivity contribution in [2.24, 2.45) is 5.92 Å². The second kappa shape index (κ2) is 9.99. The highest BCUT2D eigenvalue weighted by atomic mass is 32.2. The number of ether oxygens (including phenoxy) is 2. The van der Waals surface area contributed by atoms with Crippen LogP contribution in [-0.2, 0) is 15.6 Å². The molecule has 35 heavy (non-hydrogen) atoms. The van der Waals surface area contributed by atoms with E-state index in [1.807, 2.05) is 6.92 Å². The van der Waals surface area contributed by atoms with Crippen molar-refractivity contribution in [2.75, 3.05) is 27.3 Å². The Morgan fingerprint density at radius 1 is 0.943 bits per heavy atom. The zero-order chi connectivity index (χ0) is 25.2. The SMILES string of the molecule is COc1ccccc1C(O)C1CN(S(=O)(=O)c2ccc(C)cc2)CC[C@@]1(O)c1ccccc1OC. The van der Waals surface area contributed by atoms with E-state index in [1.54, 1.807) is 72.8 Å². The molecule has 2 unspecified atom stereocenters. The summed E-state index contributed by atoms with van der Waals surface area (Å²) >= 11 is 0. The Kier molecular flexibility index (Phi) is 7.19. The number of benzene rings is 3. The lowest BCUT2D eigenvalue weighted by molar-refractivity contribution is -0.111. The average molecular weight is 498 g/mol. The molecule has 0 amide bonds. The molecule has 0 aliphatic carbocycles. The molecule has 7 nitrogen and oxygen atoms in total. The molecule has 0 spiro atoms. The number of piperidine rings is 1. The lowest BCUT2D eigenvalue weighted by Gasteiger charge is -2.46. The molecule has 1 aliphatic rings. The third kappa shape index (κ3) is 4.67. The third-order valence-electron chi connectivity index (χ3n) is 6.83. The second-order valence-electron chi connectivity index (χ2n) is 8.84. The maximum atomic E-state index is 13.5. The topological polar surface area (TPSA) is 96.3 Å². The molecule has 3 aromatic rings. The molecule has 0 bridgehead atoms. The van der Waals surface area contributed by atoms with Gasteiger partial charge in [-0.3, -0.25) is 0 Å². The van der Waals surface area contributed by atoms with Crippen LogP contribution in [0.3, 0.4) is 0 Å². The van der Waals surface area contributed by atoms with Gasteiger partial charge in [-0.2, -0.15) is 4.31 Å². The zero-order valence-electron chi connectivity index (χ0n) is 20.1. The predicted molar refractivity (Wildman–Crippen MR) is 133 cm³/mol. The molecule has 4 rings (SSSR count). The van der Waals surface area contributed by atoms with Crippen LogP contribution in [0.2, 0.25) is 0 Å². The maximum Gasteiger partial charge on any atom is 0.243 e. The summed E-state index contributed by atoms with van der Waals surface area (Å²) in [4.78, 5) is 0.177. The van der Waals surface area contributed by atoms with Crippen LogP contribution in [0.25, 0.3) is 0 Å². The van der Waals surface area contributed by atoms with Crippen molar-refractivity contribution in [1.29, 1.82) is 0 Å². The number of methoxy groups -OCH3 is 2. The number of aryl methyl sites for hydroxylation is 1. The lowest BCUT2D eigenvalue weighted by Crippen LogP contribution is -2.53. The Balaban J connectivity index is 1.80. The summed E-state index contributed by atoms with van der Waals surface area (Å²) in [6, 6.07) is 20.8. The van der Waals surface area contributed by atoms with E-state index in [9.17, 15) is 18.6 Å². The number of hydrogen-bond acceptors (Lipinski definition) is 6. The summed E-state index contributed by atoms with van der Waals surface area (Å²) in [5.74, 6) is 0.0343. The molecular formula is C27H31NO6S. The number of aliphatic hydroxyl groups excluding tert-OH is 1. The third-order valence-corrected chi connectivity index (χ3v) is 8.71. The first-order chi connectivity index (χ1) is 16.7. The first-order valence-electron chi connectivity index (χ1n) is 11.5. The minimum absolute atomic E-state index is 0.0787. The number of nitrogens with zero attached hydrogens (tertiary/aromatic N) is 1. The monoisotopic (exact) mass is 497 g/mol. The van der Waals surface area contributed by atoms with Gasteiger partial charge in [-0.05, 0) is 37.6 Å². The van der Waals surface area contributed by atoms with E-state index in [1.165, 1.54) is 18.5 Å². The van der Waals surface area contributed by atoms with Crippen molar-refractivity contribution in [3.05, 3.63) is 89.5 Å². The highest BCUT2D eigenvalue weighted by molar-refractivity contribution is 7.89. The zero-order valence-corrected chi connectivity index (χ0v) is 20.9. The fourth-order valence-electron chi connectivity index (χ4n) is 4.85. The number of sulfonamides is 1. The average Bonchev–Trinajstić information content (AvgIpc) is 2.88. The van der Waals surface area contributed by atoms with Crippen molar-refractivity contribution in [2.45, 2.75) is 29.9 Å². The van der Waals surface area contributed by atoms with E-state index in [-0.39, 0.29) is 24.4 Å². The van der Waals surface area contributed by atoms with Gasteiger partial charge in [0.25, 0.3) is 0 Å². The van der Waals surface area contributed by atoms with Gasteiger partial charge in [-0.15, -0.1) is 0 Å². The Labute approximate surface area is 206 Å². The van der Waals surface area contributed by atoms with Crippen LogP contribution >= 0.6 is 0 Å². The largest absolute Gasteiger partial charge is 0.496 e. The van der Waals surface area contributed by atoms with Crippen molar-refractivity contribution >= 4 is 10.0 Å². The van der Waals surface area contributed by atoms with Crippen molar-refractivity contribution in [1.82, 2.24) is 4.31 Å². The first kappa shape index (κ1) is 25.2. The van der Waals surface area contributed by atoms with Gasteiger partial charge in [0.2, 0.25) is 10.0 Å². The fourth-order valence-corrected chi connectivity index (χ4v) is 6.31. The molecule has 3 aromatic carbocycles. The van der Waals surface area contributed by atoms with Crippen LogP contribution in [0.5, 0.6) is 11.5 Å². The molecule has 1 fully saturated rings. The van der Waals surface area contributed by atoms with E-state index < -0.39 is 27.6 Å². The van der Waals surface area contributed by atoms with E-state index in [2.05, 4.69) is 0 Å². The normalized spacial score (nSPS) is 21.9. The van der Waals surface area contributed by atoms with E-state index in [0.29, 0.717) is 22.6 Å². The minimum Gasteiger partial charge on any atom is -0.496 e. The maximum absolute atomic E-state index is 13.5. The quantitative estimate of drug-likeness (QED) is 0.517. The summed E-state index contributed by atoms with van der Waals surface area (Å²) in [6.07, 6.45) is -1.13. The van der Waals surface area contributed by atoms with Crippen LogP contribution in [0.1, 0.15) is 29.2 Å². The predicted octanol–water partition coefficient (Wildman–Crippen LogP) is 3.64. The molecule has 186 valence electrons. The van der Waals surface area contributed by atoms with Gasteiger partial charge in [0.1, 0.15) is 17.1 Å². The van der Waals surface area contributed by atoms with Gasteiger partial charge in [0.15, 0.2) is 0 Å². The molecule has 8 heteroatoms. The van der Waals surface area contributed by atoms with Gasteiger partial charge < -0.3 is 19.7 Å². The molecule has 0 radical (unpaired) electrons. The Hall–Kier alpha value is -2.91. The molecule has 1 saturated heterocycles. The first-order valence-corrected chi connectivity index (χ1v) is 12.9.